The summed E-state index contributed by atoms with van der Waals surface area (Å²) in [6.45, 7) is 0. The predicted octanol–water partition coefficient (Wildman–Crippen LogP) is 1.99. The van der Waals surface area contributed by atoms with Crippen molar-refractivity contribution >= 4 is 11.5 Å². The maximum absolute atomic E-state index is 10.9. The SMILES string of the molecule is N#Cc1cnc(NC2CC=CC2)c([N+](=O)[O-])c1. The van der Waals surface area contributed by atoms with Gasteiger partial charge in [-0.25, -0.2) is 4.98 Å². The van der Waals surface area contributed by atoms with Gasteiger partial charge in [-0.2, -0.15) is 5.26 Å². The van der Waals surface area contributed by atoms with Crippen LogP contribution in [0.1, 0.15) is 18.4 Å². The van der Waals surface area contributed by atoms with E-state index in [4.69, 9.17) is 5.26 Å². The van der Waals surface area contributed by atoms with Gasteiger partial charge in [0.2, 0.25) is 5.82 Å². The summed E-state index contributed by atoms with van der Waals surface area (Å²) in [4.78, 5) is 14.3. The van der Waals surface area contributed by atoms with Crippen molar-refractivity contribution in [3.8, 4) is 6.07 Å². The molecule has 0 amide bonds. The lowest BCUT2D eigenvalue weighted by Crippen LogP contribution is -2.17. The molecule has 1 aliphatic carbocycles. The maximum atomic E-state index is 10.9. The molecule has 0 radical (unpaired) electrons. The summed E-state index contributed by atoms with van der Waals surface area (Å²) in [5, 5.41) is 22.6. The third-order valence-corrected chi connectivity index (χ3v) is 2.54. The van der Waals surface area contributed by atoms with E-state index in [1.54, 1.807) is 0 Å². The Morgan fingerprint density at radius 3 is 2.82 bits per heavy atom. The van der Waals surface area contributed by atoms with Crippen LogP contribution in [0.4, 0.5) is 11.5 Å². The highest BCUT2D eigenvalue weighted by Gasteiger charge is 2.19. The van der Waals surface area contributed by atoms with Crippen molar-refractivity contribution in [2.24, 2.45) is 0 Å². The van der Waals surface area contributed by atoms with E-state index in [1.165, 1.54) is 12.3 Å². The standard InChI is InChI=1S/C11H10N4O2/c12-6-8-5-10(15(16)17)11(13-7-8)14-9-3-1-2-4-9/h1-2,5,7,9H,3-4H2,(H,13,14). The molecule has 1 N–H and O–H groups in total. The van der Waals surface area contributed by atoms with E-state index < -0.39 is 4.92 Å². The van der Waals surface area contributed by atoms with Gasteiger partial charge in [-0.1, -0.05) is 12.2 Å². The smallest absolute Gasteiger partial charge is 0.312 e. The third-order valence-electron chi connectivity index (χ3n) is 2.54. The highest BCUT2D eigenvalue weighted by molar-refractivity contribution is 5.58. The number of nitro groups is 1. The van der Waals surface area contributed by atoms with Crippen molar-refractivity contribution in [1.82, 2.24) is 4.98 Å². The van der Waals surface area contributed by atoms with E-state index in [0.717, 1.165) is 12.8 Å². The topological polar surface area (TPSA) is 91.8 Å². The molecule has 0 bridgehead atoms. The van der Waals surface area contributed by atoms with Crippen LogP contribution in [-0.2, 0) is 0 Å². The van der Waals surface area contributed by atoms with Crippen LogP contribution in [-0.4, -0.2) is 15.9 Å². The molecule has 86 valence electrons. The number of nitriles is 1. The van der Waals surface area contributed by atoms with Crippen molar-refractivity contribution in [2.75, 3.05) is 5.32 Å². The van der Waals surface area contributed by atoms with Crippen LogP contribution in [0.3, 0.4) is 0 Å². The van der Waals surface area contributed by atoms with Crippen LogP contribution in [0.5, 0.6) is 0 Å². The van der Waals surface area contributed by atoms with Crippen molar-refractivity contribution in [1.29, 1.82) is 5.26 Å². The Bertz CT molecular complexity index is 511. The van der Waals surface area contributed by atoms with E-state index in [-0.39, 0.29) is 23.1 Å². The molecule has 0 saturated carbocycles. The van der Waals surface area contributed by atoms with Gasteiger partial charge < -0.3 is 5.32 Å². The average Bonchev–Trinajstić information content (AvgIpc) is 2.82. The van der Waals surface area contributed by atoms with E-state index in [2.05, 4.69) is 10.3 Å². The van der Waals surface area contributed by atoms with Gasteiger partial charge in [0, 0.05) is 18.3 Å². The number of nitrogens with one attached hydrogen (secondary N) is 1. The molecule has 1 aromatic heterocycles. The number of hydrogen-bond donors (Lipinski definition) is 1. The summed E-state index contributed by atoms with van der Waals surface area (Å²) in [7, 11) is 0. The number of pyridine rings is 1. The molecule has 0 aliphatic heterocycles. The first-order valence-corrected chi connectivity index (χ1v) is 5.17. The zero-order valence-electron chi connectivity index (χ0n) is 8.96. The Balaban J connectivity index is 2.26. The van der Waals surface area contributed by atoms with Crippen molar-refractivity contribution < 1.29 is 4.92 Å². The molecule has 0 unspecified atom stereocenters. The van der Waals surface area contributed by atoms with Crippen LogP contribution in [0, 0.1) is 21.4 Å². The van der Waals surface area contributed by atoms with Gasteiger partial charge in [-0.15, -0.1) is 0 Å². The molecule has 0 fully saturated rings. The first kappa shape index (κ1) is 11.1. The van der Waals surface area contributed by atoms with Crippen molar-refractivity contribution in [3.05, 3.63) is 40.1 Å². The molecular formula is C11H10N4O2. The van der Waals surface area contributed by atoms with E-state index >= 15 is 0 Å². The van der Waals surface area contributed by atoms with E-state index in [0.29, 0.717) is 0 Å². The predicted molar refractivity (Wildman–Crippen MR) is 61.4 cm³/mol. The maximum Gasteiger partial charge on any atom is 0.312 e. The molecule has 1 heterocycles. The fourth-order valence-corrected chi connectivity index (χ4v) is 1.69. The molecule has 0 atom stereocenters. The fraction of sp³-hybridized carbons (Fsp3) is 0.273. The summed E-state index contributed by atoms with van der Waals surface area (Å²) in [5.41, 5.74) is 0.0303. The zero-order valence-corrected chi connectivity index (χ0v) is 8.96. The molecule has 0 spiro atoms. The number of aromatic nitrogens is 1. The number of hydrogen-bond acceptors (Lipinski definition) is 5. The molecule has 0 saturated heterocycles. The Morgan fingerprint density at radius 2 is 2.24 bits per heavy atom. The quantitative estimate of drug-likeness (QED) is 0.487. The number of nitrogens with zero attached hydrogens (tertiary/aromatic N) is 3. The monoisotopic (exact) mass is 230 g/mol. The van der Waals surface area contributed by atoms with Gasteiger partial charge >= 0.3 is 5.69 Å². The Hall–Kier alpha value is -2.42. The molecule has 2 rings (SSSR count). The molecule has 1 aliphatic rings. The lowest BCUT2D eigenvalue weighted by molar-refractivity contribution is -0.384. The van der Waals surface area contributed by atoms with Crippen LogP contribution < -0.4 is 5.32 Å². The van der Waals surface area contributed by atoms with Crippen molar-refractivity contribution in [3.63, 3.8) is 0 Å². The van der Waals surface area contributed by atoms with Gasteiger partial charge in [0.05, 0.1) is 10.5 Å². The average molecular weight is 230 g/mol. The van der Waals surface area contributed by atoms with Gasteiger partial charge in [0.15, 0.2) is 0 Å². The van der Waals surface area contributed by atoms with E-state index in [1.807, 2.05) is 18.2 Å². The zero-order chi connectivity index (χ0) is 12.3. The largest absolute Gasteiger partial charge is 0.361 e. The normalized spacial score (nSPS) is 14.5. The first-order chi connectivity index (χ1) is 8.20. The summed E-state index contributed by atoms with van der Waals surface area (Å²) >= 11 is 0. The molecule has 17 heavy (non-hydrogen) atoms. The van der Waals surface area contributed by atoms with E-state index in [9.17, 15) is 10.1 Å². The van der Waals surface area contributed by atoms with Crippen LogP contribution in [0.25, 0.3) is 0 Å². The second-order valence-corrected chi connectivity index (χ2v) is 3.74. The number of rotatable bonds is 3. The lowest BCUT2D eigenvalue weighted by Gasteiger charge is -2.12. The Morgan fingerprint density at radius 1 is 1.53 bits per heavy atom. The van der Waals surface area contributed by atoms with Crippen LogP contribution in [0.15, 0.2) is 24.4 Å². The number of anilines is 1. The molecule has 0 aromatic carbocycles. The van der Waals surface area contributed by atoms with Crippen LogP contribution in [0.2, 0.25) is 0 Å². The summed E-state index contributed by atoms with van der Waals surface area (Å²) < 4.78 is 0. The molecule has 6 nitrogen and oxygen atoms in total. The highest BCUT2D eigenvalue weighted by atomic mass is 16.6. The molecule has 6 heteroatoms. The Labute approximate surface area is 97.7 Å². The van der Waals surface area contributed by atoms with Crippen LogP contribution >= 0.6 is 0 Å². The first-order valence-electron chi connectivity index (χ1n) is 5.17. The summed E-state index contributed by atoms with van der Waals surface area (Å²) in [5.74, 6) is 0.225. The highest BCUT2D eigenvalue weighted by Crippen LogP contribution is 2.25. The fourth-order valence-electron chi connectivity index (χ4n) is 1.69. The van der Waals surface area contributed by atoms with Crippen molar-refractivity contribution in [2.45, 2.75) is 18.9 Å². The van der Waals surface area contributed by atoms with Gasteiger partial charge in [-0.3, -0.25) is 10.1 Å². The molecular weight excluding hydrogens is 220 g/mol. The van der Waals surface area contributed by atoms with Gasteiger partial charge in [0.25, 0.3) is 0 Å². The minimum absolute atomic E-state index is 0.147. The molecule has 1 aromatic rings. The van der Waals surface area contributed by atoms with Gasteiger partial charge in [0.1, 0.15) is 6.07 Å². The summed E-state index contributed by atoms with van der Waals surface area (Å²) in [6.07, 6.45) is 7.04. The summed E-state index contributed by atoms with van der Waals surface area (Å²) in [6, 6.07) is 3.22. The second kappa shape index (κ2) is 4.61. The minimum atomic E-state index is -0.529. The van der Waals surface area contributed by atoms with Gasteiger partial charge in [-0.05, 0) is 12.8 Å². The third kappa shape index (κ3) is 2.39. The Kier molecular flexibility index (Phi) is 3.01. The lowest BCUT2D eigenvalue weighted by atomic mass is 10.2. The second-order valence-electron chi connectivity index (χ2n) is 3.74. The minimum Gasteiger partial charge on any atom is -0.361 e.